The second kappa shape index (κ2) is 8.77. The van der Waals surface area contributed by atoms with E-state index in [0.717, 1.165) is 13.8 Å². The monoisotopic (exact) mass is 528 g/mol. The molecule has 0 spiro atoms. The molecular formula is C28H30F3NO5. The molecule has 5 rings (SSSR count). The van der Waals surface area contributed by atoms with Crippen molar-refractivity contribution in [2.45, 2.75) is 76.1 Å². The SMILES string of the molecule is [2H]c1c(CC(=O)C2(c3ccc4c(c3)OC(F)(F)O4)CC2)c(F)c([2H])c2c1c([2H])c(C(C)(C([2H])([2H])[2H])C([2H])([2H])C)n2C[C@]([2H])(O)C([2H])([2H])O. The molecule has 9 heteroatoms. The summed E-state index contributed by atoms with van der Waals surface area (Å²) in [5.41, 5.74) is -6.11. The number of carbonyl (C=O) groups excluding carboxylic acids is 1. The third-order valence-electron chi connectivity index (χ3n) is 6.77. The zero-order valence-electron chi connectivity index (χ0n) is 30.8. The minimum absolute atomic E-state index is 0.213. The predicted octanol–water partition coefficient (Wildman–Crippen LogP) is 4.99. The van der Waals surface area contributed by atoms with Crippen LogP contribution in [0.3, 0.4) is 0 Å². The van der Waals surface area contributed by atoms with Crippen LogP contribution in [0.25, 0.3) is 10.9 Å². The molecule has 2 N–H and O–H groups in total. The standard InChI is InChI=1S/C28H30F3NO5/c1-4-26(2,3)24-10-17-9-16(20(29)13-21(17)32(24)14-19(34)15-33)11-25(35)27(7-8-27)18-5-6-22-23(12-18)37-28(30,31)36-22/h5-6,9-10,12-13,19,33-34H,4,7-8,11,14-15H2,1-3H3/t19-/m0/s1/i2D3,4D2,9D,10D,13D,15D2,19D/t19-,26?. The van der Waals surface area contributed by atoms with Gasteiger partial charge >= 0.3 is 6.29 Å². The largest absolute Gasteiger partial charge is 0.586 e. The number of aliphatic hydroxyl groups is 2. The molecule has 0 amide bonds. The van der Waals surface area contributed by atoms with Crippen LogP contribution in [-0.4, -0.2) is 39.5 Å². The van der Waals surface area contributed by atoms with Gasteiger partial charge in [-0.2, -0.15) is 0 Å². The molecule has 2 heterocycles. The van der Waals surface area contributed by atoms with Crippen LogP contribution in [0.2, 0.25) is 0 Å². The van der Waals surface area contributed by atoms with E-state index in [-0.39, 0.29) is 29.9 Å². The molecule has 1 saturated carbocycles. The van der Waals surface area contributed by atoms with Crippen LogP contribution < -0.4 is 9.47 Å². The van der Waals surface area contributed by atoms with Crippen LogP contribution in [0.15, 0.2) is 36.3 Å². The number of hydrogen-bond donors (Lipinski definition) is 2. The number of ketones is 1. The van der Waals surface area contributed by atoms with Crippen LogP contribution in [-0.2, 0) is 28.6 Å². The van der Waals surface area contributed by atoms with E-state index in [1.54, 1.807) is 0 Å². The lowest BCUT2D eigenvalue weighted by Crippen LogP contribution is -2.26. The van der Waals surface area contributed by atoms with Gasteiger partial charge in [-0.25, -0.2) is 4.39 Å². The van der Waals surface area contributed by atoms with E-state index >= 15 is 4.39 Å². The first-order valence-electron chi connectivity index (χ1n) is 16.8. The molecule has 0 saturated heterocycles. The number of halogens is 3. The van der Waals surface area contributed by atoms with Crippen molar-refractivity contribution in [2.75, 3.05) is 6.56 Å². The summed E-state index contributed by atoms with van der Waals surface area (Å²) in [6.45, 7) is -6.70. The van der Waals surface area contributed by atoms with Crippen molar-refractivity contribution in [3.8, 4) is 11.5 Å². The van der Waals surface area contributed by atoms with Crippen molar-refractivity contribution in [1.82, 2.24) is 4.57 Å². The Balaban J connectivity index is 1.71. The molecule has 1 unspecified atom stereocenters. The smallest absolute Gasteiger partial charge is 0.395 e. The summed E-state index contributed by atoms with van der Waals surface area (Å²) in [5.74, 6) is -2.77. The highest BCUT2D eigenvalue weighted by Crippen LogP contribution is 2.52. The highest BCUT2D eigenvalue weighted by molar-refractivity contribution is 5.95. The molecule has 1 aliphatic heterocycles. The maximum absolute atomic E-state index is 16.1. The molecule has 2 aromatic carbocycles. The number of fused-ring (bicyclic) bond motifs is 2. The Labute approximate surface area is 228 Å². The van der Waals surface area contributed by atoms with Crippen molar-refractivity contribution in [2.24, 2.45) is 0 Å². The minimum Gasteiger partial charge on any atom is -0.395 e. The topological polar surface area (TPSA) is 80.9 Å². The zero-order valence-corrected chi connectivity index (χ0v) is 19.8. The van der Waals surface area contributed by atoms with E-state index in [1.807, 2.05) is 0 Å². The third-order valence-corrected chi connectivity index (χ3v) is 6.77. The summed E-state index contributed by atoms with van der Waals surface area (Å²) in [6.07, 6.45) is -10.6. The van der Waals surface area contributed by atoms with E-state index in [1.165, 1.54) is 18.2 Å². The van der Waals surface area contributed by atoms with Gasteiger partial charge in [-0.15, -0.1) is 8.78 Å². The van der Waals surface area contributed by atoms with Crippen LogP contribution in [0.4, 0.5) is 13.2 Å². The molecule has 0 radical (unpaired) electrons. The van der Waals surface area contributed by atoms with Crippen molar-refractivity contribution in [1.29, 1.82) is 0 Å². The van der Waals surface area contributed by atoms with Gasteiger partial charge in [-0.05, 0) is 60.6 Å². The minimum atomic E-state index is -3.92. The van der Waals surface area contributed by atoms with Crippen LogP contribution >= 0.6 is 0 Å². The number of nitrogens with zero attached hydrogens (tertiary/aromatic N) is 1. The first-order chi connectivity index (χ1) is 21.6. The normalized spacial score (nSPS) is 25.9. The number of aromatic nitrogens is 1. The maximum atomic E-state index is 16.1. The second-order valence-corrected chi connectivity index (χ2v) is 9.27. The molecule has 3 aromatic rings. The molecule has 2 atom stereocenters. The first kappa shape index (κ1) is 15.4. The van der Waals surface area contributed by atoms with Gasteiger partial charge in [0.1, 0.15) is 11.6 Å². The highest BCUT2D eigenvalue weighted by Gasteiger charge is 2.52. The number of benzene rings is 2. The van der Waals surface area contributed by atoms with Crippen molar-refractivity contribution in [3.63, 3.8) is 0 Å². The van der Waals surface area contributed by atoms with Gasteiger partial charge in [0.25, 0.3) is 0 Å². The number of Topliss-reactive ketones (excluding diaryl/α,β-unsaturated/α-hetero) is 1. The Kier molecular flexibility index (Phi) is 3.65. The Morgan fingerprint density at radius 2 is 2.05 bits per heavy atom. The van der Waals surface area contributed by atoms with E-state index in [4.69, 9.17) is 15.1 Å². The number of rotatable bonds is 9. The van der Waals surface area contributed by atoms with Gasteiger partial charge in [-0.3, -0.25) is 4.79 Å². The Morgan fingerprint density at radius 3 is 2.70 bits per heavy atom. The van der Waals surface area contributed by atoms with Crippen LogP contribution in [0.1, 0.15) is 71.8 Å². The molecule has 1 aromatic heterocycles. The number of hydrogen-bond acceptors (Lipinski definition) is 5. The van der Waals surface area contributed by atoms with E-state index in [9.17, 15) is 23.8 Å². The van der Waals surface area contributed by atoms with Gasteiger partial charge in [0.05, 0.1) is 38.3 Å². The summed E-state index contributed by atoms with van der Waals surface area (Å²) in [4.78, 5) is 13.7. The van der Waals surface area contributed by atoms with Crippen LogP contribution in [0, 0.1) is 5.82 Å². The van der Waals surface area contributed by atoms with Gasteiger partial charge in [-0.1, -0.05) is 26.8 Å². The highest BCUT2D eigenvalue weighted by atomic mass is 19.3. The van der Waals surface area contributed by atoms with Crippen molar-refractivity contribution < 1.29 is 52.7 Å². The van der Waals surface area contributed by atoms with Crippen molar-refractivity contribution >= 4 is 16.7 Å². The lowest BCUT2D eigenvalue weighted by Gasteiger charge is -2.26. The first-order valence-corrected chi connectivity index (χ1v) is 11.3. The van der Waals surface area contributed by atoms with Crippen LogP contribution in [0.5, 0.6) is 11.5 Å². The van der Waals surface area contributed by atoms with Gasteiger partial charge < -0.3 is 24.3 Å². The summed E-state index contributed by atoms with van der Waals surface area (Å²) < 4.78 is 144. The Morgan fingerprint density at radius 1 is 1.32 bits per heavy atom. The molecular weight excluding hydrogens is 487 g/mol. The van der Waals surface area contributed by atoms with E-state index in [2.05, 4.69) is 9.47 Å². The number of carbonyl (C=O) groups is 1. The van der Waals surface area contributed by atoms with E-state index < -0.39 is 108 Å². The van der Waals surface area contributed by atoms with E-state index in [0.29, 0.717) is 4.57 Å². The fourth-order valence-electron chi connectivity index (χ4n) is 4.51. The molecule has 2 aliphatic rings. The Hall–Kier alpha value is -3.04. The maximum Gasteiger partial charge on any atom is 0.586 e. The third kappa shape index (κ3) is 4.48. The summed E-state index contributed by atoms with van der Waals surface area (Å²) in [7, 11) is 0. The summed E-state index contributed by atoms with van der Waals surface area (Å²) in [6, 6.07) is 0.782. The average Bonchev–Trinajstić information content (AvgIpc) is 3.60. The summed E-state index contributed by atoms with van der Waals surface area (Å²) in [5, 5.41) is 19.8. The number of alkyl halides is 2. The molecule has 1 fully saturated rings. The Bertz CT molecular complexity index is 1830. The number of ether oxygens (including phenoxy) is 2. The summed E-state index contributed by atoms with van der Waals surface area (Å²) >= 11 is 0. The second-order valence-electron chi connectivity index (χ2n) is 9.27. The fraction of sp³-hybridized carbons (Fsp3) is 0.464. The molecule has 37 heavy (non-hydrogen) atoms. The lowest BCUT2D eigenvalue weighted by atomic mass is 9.86. The molecule has 6 nitrogen and oxygen atoms in total. The zero-order chi connectivity index (χ0) is 36.4. The molecule has 0 bridgehead atoms. The average molecular weight is 529 g/mol. The molecule has 198 valence electrons. The quantitative estimate of drug-likeness (QED) is 0.409. The fourth-order valence-corrected chi connectivity index (χ4v) is 4.51. The predicted molar refractivity (Wildman–Crippen MR) is 131 cm³/mol. The lowest BCUT2D eigenvalue weighted by molar-refractivity contribution is -0.286. The van der Waals surface area contributed by atoms with Crippen molar-refractivity contribution in [3.05, 3.63) is 59.0 Å². The van der Waals surface area contributed by atoms with Gasteiger partial charge in [0.15, 0.2) is 11.5 Å². The molecule has 1 aliphatic carbocycles. The van der Waals surface area contributed by atoms with Gasteiger partial charge in [0.2, 0.25) is 0 Å². The van der Waals surface area contributed by atoms with Gasteiger partial charge in [0, 0.05) is 29.8 Å².